The van der Waals surface area contributed by atoms with E-state index >= 15 is 0 Å². The average molecular weight is 515 g/mol. The molecule has 0 heterocycles. The molecular formula is C23H25F3O4S2Si. The molecule has 0 radical (unpaired) electrons. The van der Waals surface area contributed by atoms with Gasteiger partial charge in [-0.1, -0.05) is 42.5 Å². The van der Waals surface area contributed by atoms with Gasteiger partial charge in [-0.2, -0.15) is 21.6 Å². The molecule has 3 aromatic rings. The highest BCUT2D eigenvalue weighted by molar-refractivity contribution is 8.33. The molecule has 0 bridgehead atoms. The van der Waals surface area contributed by atoms with Gasteiger partial charge in [-0.3, -0.25) is 0 Å². The summed E-state index contributed by atoms with van der Waals surface area (Å²) in [5.41, 5.74) is 0. The molecule has 0 saturated heterocycles. The van der Waals surface area contributed by atoms with Gasteiger partial charge in [0.25, 0.3) is 10.1 Å². The van der Waals surface area contributed by atoms with E-state index < -0.39 is 40.7 Å². The SMILES string of the molecule is C[Si](C)(C)Oc1cccc(S(OS(=O)(=O)CC(F)(F)F)(c2ccccc2)c2ccccc2)c1. The van der Waals surface area contributed by atoms with Crippen LogP contribution in [0.3, 0.4) is 0 Å². The highest BCUT2D eigenvalue weighted by atomic mass is 32.3. The summed E-state index contributed by atoms with van der Waals surface area (Å²) in [7, 11) is -10.1. The van der Waals surface area contributed by atoms with Gasteiger partial charge in [-0.15, -0.1) is 0 Å². The summed E-state index contributed by atoms with van der Waals surface area (Å²) < 4.78 is 76.6. The van der Waals surface area contributed by atoms with E-state index in [0.717, 1.165) is 0 Å². The highest BCUT2D eigenvalue weighted by Crippen LogP contribution is 2.70. The first kappa shape index (κ1) is 25.4. The predicted molar refractivity (Wildman–Crippen MR) is 127 cm³/mol. The van der Waals surface area contributed by atoms with Crippen molar-refractivity contribution in [3.63, 3.8) is 0 Å². The van der Waals surface area contributed by atoms with Crippen LogP contribution in [0.1, 0.15) is 0 Å². The van der Waals surface area contributed by atoms with E-state index in [4.69, 9.17) is 8.06 Å². The van der Waals surface area contributed by atoms with Crippen LogP contribution in [-0.2, 0) is 13.7 Å². The topological polar surface area (TPSA) is 52.6 Å². The minimum Gasteiger partial charge on any atom is -0.544 e. The van der Waals surface area contributed by atoms with Crippen LogP contribution in [0.4, 0.5) is 13.2 Å². The molecule has 0 aliphatic rings. The molecule has 10 heteroatoms. The zero-order valence-corrected chi connectivity index (χ0v) is 21.0. The minimum atomic E-state index is -5.01. The maximum Gasteiger partial charge on any atom is 0.405 e. The molecule has 0 aliphatic carbocycles. The molecule has 0 aliphatic heterocycles. The van der Waals surface area contributed by atoms with Crippen molar-refractivity contribution in [3.8, 4) is 5.75 Å². The standard InChI is InChI=1S/C23H25F3O4S2Si/c1-33(2,3)29-19-11-10-16-22(17-19)32(20-12-6-4-7-13-20,21-14-8-5-9-15-21)30-31(27,28)18-23(24,25)26/h4-17H,18H2,1-3H3. The van der Waals surface area contributed by atoms with E-state index in [9.17, 15) is 21.6 Å². The van der Waals surface area contributed by atoms with Crippen molar-refractivity contribution >= 4 is 28.7 Å². The van der Waals surface area contributed by atoms with Gasteiger partial charge in [0.1, 0.15) is 5.75 Å². The third kappa shape index (κ3) is 6.63. The molecular weight excluding hydrogens is 489 g/mol. The Morgan fingerprint density at radius 3 is 1.70 bits per heavy atom. The lowest BCUT2D eigenvalue weighted by molar-refractivity contribution is -0.107. The monoisotopic (exact) mass is 514 g/mol. The first-order chi connectivity index (χ1) is 15.3. The number of halogens is 3. The second kappa shape index (κ2) is 9.53. The number of hydrogen-bond donors (Lipinski definition) is 0. The first-order valence-corrected chi connectivity index (χ1v) is 16.6. The van der Waals surface area contributed by atoms with Crippen molar-refractivity contribution in [1.29, 1.82) is 0 Å². The van der Waals surface area contributed by atoms with Crippen molar-refractivity contribution in [3.05, 3.63) is 84.9 Å². The molecule has 3 aromatic carbocycles. The molecule has 0 aromatic heterocycles. The molecule has 0 amide bonds. The Kier molecular flexibility index (Phi) is 7.32. The summed E-state index contributed by atoms with van der Waals surface area (Å²) in [5, 5.41) is 0. The van der Waals surface area contributed by atoms with Gasteiger partial charge in [0.2, 0.25) is 8.32 Å². The van der Waals surface area contributed by atoms with Crippen molar-refractivity contribution in [2.45, 2.75) is 40.5 Å². The Morgan fingerprint density at radius 2 is 1.24 bits per heavy atom. The van der Waals surface area contributed by atoms with Gasteiger partial charge < -0.3 is 4.43 Å². The van der Waals surface area contributed by atoms with Crippen molar-refractivity contribution in [2.75, 3.05) is 5.75 Å². The normalized spacial score (nSPS) is 13.5. The quantitative estimate of drug-likeness (QED) is 0.304. The summed E-state index contributed by atoms with van der Waals surface area (Å²) in [6, 6.07) is 23.7. The number of alkyl halides is 3. The minimum absolute atomic E-state index is 0.418. The molecule has 0 fully saturated rings. The van der Waals surface area contributed by atoms with Gasteiger partial charge in [0, 0.05) is 14.7 Å². The molecule has 178 valence electrons. The van der Waals surface area contributed by atoms with Crippen molar-refractivity contribution < 1.29 is 29.6 Å². The van der Waals surface area contributed by atoms with E-state index in [1.54, 1.807) is 84.9 Å². The van der Waals surface area contributed by atoms with Gasteiger partial charge in [-0.25, -0.2) is 3.63 Å². The van der Waals surface area contributed by atoms with Crippen LogP contribution in [0, 0.1) is 0 Å². The van der Waals surface area contributed by atoms with E-state index in [1.807, 2.05) is 19.6 Å². The molecule has 3 rings (SSSR count). The lowest BCUT2D eigenvalue weighted by Gasteiger charge is -2.39. The van der Waals surface area contributed by atoms with Gasteiger partial charge in [-0.05, 0) is 72.4 Å². The Hall–Kier alpha value is -2.27. The van der Waals surface area contributed by atoms with Crippen LogP contribution in [0.25, 0.3) is 0 Å². The Morgan fingerprint density at radius 1 is 0.758 bits per heavy atom. The molecule has 0 spiro atoms. The summed E-state index contributed by atoms with van der Waals surface area (Å²) in [6.45, 7) is 6.00. The second-order valence-corrected chi connectivity index (χ2v) is 17.2. The number of hydrogen-bond acceptors (Lipinski definition) is 4. The molecule has 0 unspecified atom stereocenters. The lowest BCUT2D eigenvalue weighted by Crippen LogP contribution is -2.29. The second-order valence-electron chi connectivity index (χ2n) is 8.26. The van der Waals surface area contributed by atoms with E-state index in [0.29, 0.717) is 20.4 Å². The maximum absolute atomic E-state index is 13.1. The van der Waals surface area contributed by atoms with Gasteiger partial charge >= 0.3 is 6.18 Å². The Balaban J connectivity index is 2.31. The molecule has 0 N–H and O–H groups in total. The summed E-state index contributed by atoms with van der Waals surface area (Å²) in [4.78, 5) is 1.32. The zero-order chi connectivity index (χ0) is 24.3. The van der Waals surface area contributed by atoms with Gasteiger partial charge in [0.05, 0.1) is 0 Å². The Bertz CT molecular complexity index is 1140. The fourth-order valence-electron chi connectivity index (χ4n) is 3.20. The van der Waals surface area contributed by atoms with Crippen molar-refractivity contribution in [2.24, 2.45) is 0 Å². The van der Waals surface area contributed by atoms with Crippen LogP contribution >= 0.6 is 10.3 Å². The van der Waals surface area contributed by atoms with Gasteiger partial charge in [0.15, 0.2) is 5.75 Å². The third-order valence-corrected chi connectivity index (χ3v) is 10.2. The Labute approximate surface area is 195 Å². The summed E-state index contributed by atoms with van der Waals surface area (Å²) >= 11 is 0. The lowest BCUT2D eigenvalue weighted by atomic mass is 10.3. The van der Waals surface area contributed by atoms with Crippen LogP contribution in [0.15, 0.2) is 99.6 Å². The van der Waals surface area contributed by atoms with E-state index in [1.165, 1.54) is 0 Å². The first-order valence-electron chi connectivity index (χ1n) is 10.0. The van der Waals surface area contributed by atoms with Crippen LogP contribution < -0.4 is 4.43 Å². The summed E-state index contributed by atoms with van der Waals surface area (Å²) in [6.07, 6.45) is -4.94. The smallest absolute Gasteiger partial charge is 0.405 e. The van der Waals surface area contributed by atoms with Crippen LogP contribution in [-0.4, -0.2) is 28.7 Å². The van der Waals surface area contributed by atoms with E-state index in [2.05, 4.69) is 0 Å². The number of benzene rings is 3. The highest BCUT2D eigenvalue weighted by Gasteiger charge is 2.43. The van der Waals surface area contributed by atoms with Crippen LogP contribution in [0.5, 0.6) is 5.75 Å². The largest absolute Gasteiger partial charge is 0.544 e. The van der Waals surface area contributed by atoms with Crippen LogP contribution in [0.2, 0.25) is 19.6 Å². The summed E-state index contributed by atoms with van der Waals surface area (Å²) in [5.74, 6) is -1.58. The van der Waals surface area contributed by atoms with E-state index in [-0.39, 0.29) is 0 Å². The molecule has 0 saturated carbocycles. The third-order valence-electron chi connectivity index (χ3n) is 4.26. The number of rotatable bonds is 8. The predicted octanol–water partition coefficient (Wildman–Crippen LogP) is 7.01. The fraction of sp³-hybridized carbons (Fsp3) is 0.217. The molecule has 33 heavy (non-hydrogen) atoms. The maximum atomic E-state index is 13.1. The zero-order valence-electron chi connectivity index (χ0n) is 18.4. The average Bonchev–Trinajstić information content (AvgIpc) is 2.70. The molecule has 0 atom stereocenters. The molecule has 4 nitrogen and oxygen atoms in total. The van der Waals surface area contributed by atoms with Crippen molar-refractivity contribution in [1.82, 2.24) is 0 Å². The fourth-order valence-corrected chi connectivity index (χ4v) is 9.26.